The number of nitro groups is 1. The minimum Gasteiger partial charge on any atom is -0.449 e. The minimum atomic E-state index is -0.570. The molecule has 0 aliphatic carbocycles. The minimum absolute atomic E-state index is 0.0384. The summed E-state index contributed by atoms with van der Waals surface area (Å²) in [7, 11) is 0. The van der Waals surface area contributed by atoms with Crippen LogP contribution in [0.15, 0.2) is 52.9 Å². The molecule has 138 valence electrons. The highest BCUT2D eigenvalue weighted by Crippen LogP contribution is 2.32. The Bertz CT molecular complexity index is 1020. The summed E-state index contributed by atoms with van der Waals surface area (Å²) in [5, 5.41) is 16.7. The quantitative estimate of drug-likeness (QED) is 0.518. The summed E-state index contributed by atoms with van der Waals surface area (Å²) in [4.78, 5) is 35.0. The fourth-order valence-corrected chi connectivity index (χ4v) is 2.45. The van der Waals surface area contributed by atoms with Crippen molar-refractivity contribution in [1.82, 2.24) is 0 Å². The molecule has 0 atom stereocenters. The van der Waals surface area contributed by atoms with Crippen molar-refractivity contribution in [2.75, 3.05) is 10.6 Å². The molecule has 3 rings (SSSR count). The molecular weight excluding hydrogens is 350 g/mol. The van der Waals surface area contributed by atoms with Crippen LogP contribution >= 0.6 is 0 Å². The molecule has 0 spiro atoms. The number of benzene rings is 2. The van der Waals surface area contributed by atoms with Gasteiger partial charge in [-0.3, -0.25) is 19.7 Å². The van der Waals surface area contributed by atoms with Crippen LogP contribution in [0.25, 0.3) is 11.0 Å². The van der Waals surface area contributed by atoms with Gasteiger partial charge in [0.25, 0.3) is 11.6 Å². The predicted octanol–water partition coefficient (Wildman–Crippen LogP) is 4.19. The number of fused-ring (bicyclic) bond motifs is 1. The van der Waals surface area contributed by atoms with Crippen molar-refractivity contribution in [2.24, 2.45) is 5.92 Å². The molecule has 0 unspecified atom stereocenters. The highest BCUT2D eigenvalue weighted by molar-refractivity contribution is 6.14. The maximum absolute atomic E-state index is 12.7. The zero-order chi connectivity index (χ0) is 19.6. The number of nitrogens with zero attached hydrogens (tertiary/aromatic N) is 1. The number of rotatable bonds is 5. The summed E-state index contributed by atoms with van der Waals surface area (Å²) in [6.45, 7) is 3.49. The van der Waals surface area contributed by atoms with Gasteiger partial charge in [0.1, 0.15) is 11.3 Å². The lowest BCUT2D eigenvalue weighted by atomic mass is 10.1. The van der Waals surface area contributed by atoms with E-state index in [4.69, 9.17) is 4.42 Å². The van der Waals surface area contributed by atoms with Crippen molar-refractivity contribution in [3.8, 4) is 0 Å². The molecule has 2 amide bonds. The van der Waals surface area contributed by atoms with Crippen molar-refractivity contribution in [2.45, 2.75) is 13.8 Å². The maximum Gasteiger partial charge on any atom is 0.293 e. The van der Waals surface area contributed by atoms with E-state index < -0.39 is 10.8 Å². The summed E-state index contributed by atoms with van der Waals surface area (Å²) < 4.78 is 5.64. The molecule has 8 heteroatoms. The average Bonchev–Trinajstić information content (AvgIpc) is 3.01. The van der Waals surface area contributed by atoms with Crippen LogP contribution in [0.4, 0.5) is 17.1 Å². The zero-order valence-corrected chi connectivity index (χ0v) is 14.7. The molecule has 0 aliphatic rings. The van der Waals surface area contributed by atoms with Gasteiger partial charge in [-0.15, -0.1) is 0 Å². The molecule has 0 radical (unpaired) electrons. The lowest BCUT2D eigenvalue weighted by molar-refractivity contribution is -0.384. The van der Waals surface area contributed by atoms with E-state index in [2.05, 4.69) is 10.6 Å². The molecule has 0 fully saturated rings. The molecule has 0 saturated carbocycles. The second-order valence-corrected chi connectivity index (χ2v) is 6.20. The molecular formula is C19H17N3O5. The van der Waals surface area contributed by atoms with Crippen LogP contribution in [0.5, 0.6) is 0 Å². The van der Waals surface area contributed by atoms with Gasteiger partial charge in [0.05, 0.1) is 4.92 Å². The molecule has 2 N–H and O–H groups in total. The Morgan fingerprint density at radius 2 is 1.70 bits per heavy atom. The summed E-state index contributed by atoms with van der Waals surface area (Å²) in [6.07, 6.45) is 0. The number of para-hydroxylation sites is 1. The number of non-ortho nitro benzene ring substituents is 1. The number of hydrogen-bond donors (Lipinski definition) is 2. The molecule has 8 nitrogen and oxygen atoms in total. The number of carbonyl (C=O) groups is 2. The molecule has 0 bridgehead atoms. The van der Waals surface area contributed by atoms with Gasteiger partial charge in [-0.25, -0.2) is 0 Å². The molecule has 1 heterocycles. The Balaban J connectivity index is 1.93. The lowest BCUT2D eigenvalue weighted by Crippen LogP contribution is -2.20. The van der Waals surface area contributed by atoms with Gasteiger partial charge in [-0.2, -0.15) is 0 Å². The fraction of sp³-hybridized carbons (Fsp3) is 0.158. The van der Waals surface area contributed by atoms with Crippen LogP contribution < -0.4 is 10.6 Å². The van der Waals surface area contributed by atoms with Crippen LogP contribution in [0, 0.1) is 16.0 Å². The standard InChI is InChI=1S/C19H17N3O5/c1-11(2)18(23)21-16-14-5-3-4-6-15(14)27-17(16)19(24)20-12-7-9-13(10-8-12)22(25)26/h3-11H,1-2H3,(H,20,24)(H,21,23). The Hall–Kier alpha value is -3.68. The van der Waals surface area contributed by atoms with E-state index in [1.54, 1.807) is 38.1 Å². The number of furan rings is 1. The molecule has 0 saturated heterocycles. The second kappa shape index (κ2) is 7.28. The third-order valence-corrected chi connectivity index (χ3v) is 3.91. The summed E-state index contributed by atoms with van der Waals surface area (Å²) in [5.41, 5.74) is 1.04. The van der Waals surface area contributed by atoms with Crippen LogP contribution in [0.1, 0.15) is 24.4 Å². The van der Waals surface area contributed by atoms with Gasteiger partial charge in [0.15, 0.2) is 0 Å². The van der Waals surface area contributed by atoms with Gasteiger partial charge in [-0.1, -0.05) is 26.0 Å². The largest absolute Gasteiger partial charge is 0.449 e. The van der Waals surface area contributed by atoms with E-state index >= 15 is 0 Å². The Morgan fingerprint density at radius 3 is 2.33 bits per heavy atom. The molecule has 2 aromatic carbocycles. The monoisotopic (exact) mass is 367 g/mol. The van der Waals surface area contributed by atoms with Crippen LogP contribution in [0.2, 0.25) is 0 Å². The smallest absolute Gasteiger partial charge is 0.293 e. The summed E-state index contributed by atoms with van der Waals surface area (Å²) in [6, 6.07) is 12.4. The number of anilines is 2. The van der Waals surface area contributed by atoms with E-state index in [0.717, 1.165) is 0 Å². The number of carbonyl (C=O) groups excluding carboxylic acids is 2. The first-order chi connectivity index (χ1) is 12.9. The normalized spacial score (nSPS) is 10.8. The highest BCUT2D eigenvalue weighted by Gasteiger charge is 2.23. The number of amides is 2. The summed E-state index contributed by atoms with van der Waals surface area (Å²) in [5.74, 6) is -1.13. The average molecular weight is 367 g/mol. The topological polar surface area (TPSA) is 114 Å². The second-order valence-electron chi connectivity index (χ2n) is 6.20. The van der Waals surface area contributed by atoms with E-state index in [-0.39, 0.29) is 23.3 Å². The van der Waals surface area contributed by atoms with Gasteiger partial charge in [0, 0.05) is 29.1 Å². The zero-order valence-electron chi connectivity index (χ0n) is 14.7. The molecule has 1 aromatic heterocycles. The first kappa shape index (κ1) is 18.1. The third kappa shape index (κ3) is 3.79. The van der Waals surface area contributed by atoms with Gasteiger partial charge < -0.3 is 15.1 Å². The van der Waals surface area contributed by atoms with Crippen LogP contribution in [-0.4, -0.2) is 16.7 Å². The first-order valence-corrected chi connectivity index (χ1v) is 8.25. The van der Waals surface area contributed by atoms with Gasteiger partial charge in [0.2, 0.25) is 11.7 Å². The van der Waals surface area contributed by atoms with Crippen LogP contribution in [0.3, 0.4) is 0 Å². The fourth-order valence-electron chi connectivity index (χ4n) is 2.45. The number of hydrogen-bond acceptors (Lipinski definition) is 5. The van der Waals surface area contributed by atoms with Crippen molar-refractivity contribution < 1.29 is 18.9 Å². The Labute approximate surface area is 154 Å². The number of nitro benzene ring substituents is 1. The van der Waals surface area contributed by atoms with E-state index in [1.807, 2.05) is 0 Å². The third-order valence-electron chi connectivity index (χ3n) is 3.91. The maximum atomic E-state index is 12.7. The van der Waals surface area contributed by atoms with Crippen molar-refractivity contribution in [3.63, 3.8) is 0 Å². The van der Waals surface area contributed by atoms with Crippen molar-refractivity contribution in [3.05, 3.63) is 64.4 Å². The van der Waals surface area contributed by atoms with Gasteiger partial charge >= 0.3 is 0 Å². The van der Waals surface area contributed by atoms with Crippen molar-refractivity contribution in [1.29, 1.82) is 0 Å². The first-order valence-electron chi connectivity index (χ1n) is 8.25. The van der Waals surface area contributed by atoms with Crippen LogP contribution in [-0.2, 0) is 4.79 Å². The predicted molar refractivity (Wildman–Crippen MR) is 101 cm³/mol. The number of nitrogens with one attached hydrogen (secondary N) is 2. The highest BCUT2D eigenvalue weighted by atomic mass is 16.6. The van der Waals surface area contributed by atoms with E-state index in [1.165, 1.54) is 24.3 Å². The lowest BCUT2D eigenvalue weighted by Gasteiger charge is -2.09. The summed E-state index contributed by atoms with van der Waals surface area (Å²) >= 11 is 0. The molecule has 0 aliphatic heterocycles. The molecule has 27 heavy (non-hydrogen) atoms. The Kier molecular flexibility index (Phi) is 4.89. The van der Waals surface area contributed by atoms with E-state index in [9.17, 15) is 19.7 Å². The van der Waals surface area contributed by atoms with Crippen molar-refractivity contribution >= 4 is 39.8 Å². The SMILES string of the molecule is CC(C)C(=O)Nc1c(C(=O)Nc2ccc([N+](=O)[O-])cc2)oc2ccccc12. The molecule has 3 aromatic rings. The Morgan fingerprint density at radius 1 is 1.04 bits per heavy atom. The van der Waals surface area contributed by atoms with E-state index in [0.29, 0.717) is 22.3 Å². The van der Waals surface area contributed by atoms with Gasteiger partial charge in [-0.05, 0) is 24.3 Å².